The van der Waals surface area contributed by atoms with Crippen molar-refractivity contribution in [3.63, 3.8) is 0 Å². The van der Waals surface area contributed by atoms with Crippen LogP contribution in [0.2, 0.25) is 0 Å². The fourth-order valence-corrected chi connectivity index (χ4v) is 3.13. The molecule has 0 saturated heterocycles. The summed E-state index contributed by atoms with van der Waals surface area (Å²) < 4.78 is 0. The van der Waals surface area contributed by atoms with Gasteiger partial charge >= 0.3 is 0 Å². The van der Waals surface area contributed by atoms with Crippen LogP contribution >= 0.6 is 24.0 Å². The first-order valence-electron chi connectivity index (χ1n) is 6.22. The van der Waals surface area contributed by atoms with E-state index in [1.165, 1.54) is 4.88 Å². The molecule has 1 N–H and O–H groups in total. The Hall–Kier alpha value is -1.26. The summed E-state index contributed by atoms with van der Waals surface area (Å²) in [5.74, 6) is 0.271. The summed E-state index contributed by atoms with van der Waals surface area (Å²) in [5.41, 5.74) is 0.619. The van der Waals surface area contributed by atoms with E-state index in [-0.39, 0.29) is 11.9 Å². The van der Waals surface area contributed by atoms with Crippen molar-refractivity contribution in [3.05, 3.63) is 52.2 Å². The number of nitrogens with one attached hydrogen (secondary N) is 1. The summed E-state index contributed by atoms with van der Waals surface area (Å²) in [6, 6.07) is 11.5. The Labute approximate surface area is 123 Å². The lowest BCUT2D eigenvalue weighted by atomic mass is 10.0. The van der Waals surface area contributed by atoms with Crippen LogP contribution in [0.3, 0.4) is 0 Å². The first-order chi connectivity index (χ1) is 9.09. The average Bonchev–Trinajstić information content (AvgIpc) is 2.89. The summed E-state index contributed by atoms with van der Waals surface area (Å²) in [5, 5.41) is 5.13. The number of benzene rings is 1. The van der Waals surface area contributed by atoms with Gasteiger partial charge in [0, 0.05) is 9.77 Å². The number of carbonyl (C=O) groups excluding carboxylic acids is 1. The molecule has 0 aliphatic rings. The highest BCUT2D eigenvalue weighted by Crippen LogP contribution is 2.26. The van der Waals surface area contributed by atoms with Gasteiger partial charge < -0.3 is 5.32 Å². The van der Waals surface area contributed by atoms with E-state index in [0.29, 0.717) is 16.4 Å². The first kappa shape index (κ1) is 14.2. The molecule has 1 aromatic carbocycles. The molecule has 0 bridgehead atoms. The van der Waals surface area contributed by atoms with E-state index in [0.717, 1.165) is 0 Å². The summed E-state index contributed by atoms with van der Waals surface area (Å²) in [6.45, 7) is 4.22. The predicted molar refractivity (Wildman–Crippen MR) is 83.1 cm³/mol. The van der Waals surface area contributed by atoms with Crippen LogP contribution in [-0.2, 0) is 0 Å². The van der Waals surface area contributed by atoms with Crippen molar-refractivity contribution >= 4 is 29.9 Å². The number of thiol groups is 1. The van der Waals surface area contributed by atoms with Crippen LogP contribution in [0.1, 0.15) is 35.1 Å². The van der Waals surface area contributed by atoms with E-state index >= 15 is 0 Å². The van der Waals surface area contributed by atoms with E-state index < -0.39 is 0 Å². The molecule has 1 amide bonds. The fourth-order valence-electron chi connectivity index (χ4n) is 1.92. The van der Waals surface area contributed by atoms with E-state index in [9.17, 15) is 4.79 Å². The largest absolute Gasteiger partial charge is 0.344 e. The van der Waals surface area contributed by atoms with Crippen LogP contribution in [0, 0.1) is 5.92 Å². The molecule has 100 valence electrons. The molecule has 19 heavy (non-hydrogen) atoms. The number of hydrogen-bond donors (Lipinski definition) is 2. The lowest BCUT2D eigenvalue weighted by Gasteiger charge is -2.21. The standard InChI is InChI=1S/C15H17NOS2/c1-10(2)14(13-8-5-9-19-13)16-15(17)11-6-3-4-7-12(11)18/h3-10,14,18H,1-2H3,(H,16,17). The van der Waals surface area contributed by atoms with Crippen molar-refractivity contribution in [2.45, 2.75) is 24.8 Å². The van der Waals surface area contributed by atoms with Gasteiger partial charge in [-0.05, 0) is 29.5 Å². The van der Waals surface area contributed by atoms with Gasteiger partial charge in [0.05, 0.1) is 11.6 Å². The molecule has 0 spiro atoms. The Kier molecular flexibility index (Phi) is 4.66. The molecular weight excluding hydrogens is 274 g/mol. The fraction of sp³-hybridized carbons (Fsp3) is 0.267. The van der Waals surface area contributed by atoms with Gasteiger partial charge in [-0.1, -0.05) is 32.0 Å². The zero-order valence-corrected chi connectivity index (χ0v) is 12.7. The molecule has 2 nitrogen and oxygen atoms in total. The smallest absolute Gasteiger partial charge is 0.252 e. The van der Waals surface area contributed by atoms with Gasteiger partial charge in [-0.25, -0.2) is 0 Å². The Balaban J connectivity index is 2.19. The normalized spacial score (nSPS) is 12.4. The third-order valence-corrected chi connectivity index (χ3v) is 4.30. The van der Waals surface area contributed by atoms with Crippen molar-refractivity contribution in [3.8, 4) is 0 Å². The third kappa shape index (κ3) is 3.39. The van der Waals surface area contributed by atoms with Crippen molar-refractivity contribution in [1.82, 2.24) is 5.32 Å². The molecule has 1 aromatic heterocycles. The Morgan fingerprint density at radius 2 is 1.95 bits per heavy atom. The minimum atomic E-state index is -0.0716. The summed E-state index contributed by atoms with van der Waals surface area (Å²) in [4.78, 5) is 14.2. The molecular formula is C15H17NOS2. The quantitative estimate of drug-likeness (QED) is 0.814. The molecule has 0 aliphatic heterocycles. The van der Waals surface area contributed by atoms with Crippen LogP contribution in [0.25, 0.3) is 0 Å². The number of thiophene rings is 1. The second-order valence-electron chi connectivity index (χ2n) is 4.73. The van der Waals surface area contributed by atoms with Gasteiger partial charge in [-0.3, -0.25) is 4.79 Å². The van der Waals surface area contributed by atoms with Crippen molar-refractivity contribution < 1.29 is 4.79 Å². The van der Waals surface area contributed by atoms with Crippen molar-refractivity contribution in [2.24, 2.45) is 5.92 Å². The van der Waals surface area contributed by atoms with E-state index in [2.05, 4.69) is 37.9 Å². The van der Waals surface area contributed by atoms with Gasteiger partial charge in [-0.15, -0.1) is 24.0 Å². The zero-order chi connectivity index (χ0) is 13.8. The summed E-state index contributed by atoms with van der Waals surface area (Å²) in [7, 11) is 0. The van der Waals surface area contributed by atoms with Crippen molar-refractivity contribution in [1.29, 1.82) is 0 Å². The third-order valence-electron chi connectivity index (χ3n) is 2.95. The van der Waals surface area contributed by atoms with Crippen LogP contribution in [0.4, 0.5) is 0 Å². The van der Waals surface area contributed by atoms with Gasteiger partial charge in [-0.2, -0.15) is 0 Å². The monoisotopic (exact) mass is 291 g/mol. The number of carbonyl (C=O) groups is 1. The molecule has 0 fully saturated rings. The van der Waals surface area contributed by atoms with Gasteiger partial charge in [0.1, 0.15) is 0 Å². The van der Waals surface area contributed by atoms with Crippen LogP contribution in [-0.4, -0.2) is 5.91 Å². The lowest BCUT2D eigenvalue weighted by molar-refractivity contribution is 0.0923. The second-order valence-corrected chi connectivity index (χ2v) is 6.19. The Morgan fingerprint density at radius 1 is 1.21 bits per heavy atom. The van der Waals surface area contributed by atoms with Crippen LogP contribution in [0.5, 0.6) is 0 Å². The highest BCUT2D eigenvalue weighted by molar-refractivity contribution is 7.80. The van der Waals surface area contributed by atoms with Gasteiger partial charge in [0.2, 0.25) is 0 Å². The first-order valence-corrected chi connectivity index (χ1v) is 7.54. The van der Waals surface area contributed by atoms with Crippen LogP contribution in [0.15, 0.2) is 46.7 Å². The summed E-state index contributed by atoms with van der Waals surface area (Å²) >= 11 is 6.00. The maximum atomic E-state index is 12.3. The highest BCUT2D eigenvalue weighted by Gasteiger charge is 2.20. The molecule has 1 heterocycles. The zero-order valence-electron chi connectivity index (χ0n) is 11.0. The summed E-state index contributed by atoms with van der Waals surface area (Å²) in [6.07, 6.45) is 0. The second kappa shape index (κ2) is 6.26. The molecule has 4 heteroatoms. The SMILES string of the molecule is CC(C)C(NC(=O)c1ccccc1S)c1cccs1. The molecule has 1 atom stereocenters. The molecule has 0 radical (unpaired) electrons. The maximum absolute atomic E-state index is 12.3. The Bertz CT molecular complexity index is 549. The molecule has 2 rings (SSSR count). The average molecular weight is 291 g/mol. The molecule has 0 aliphatic carbocycles. The lowest BCUT2D eigenvalue weighted by Crippen LogP contribution is -2.31. The minimum absolute atomic E-state index is 0.0421. The number of hydrogen-bond acceptors (Lipinski definition) is 3. The van der Waals surface area contributed by atoms with Gasteiger partial charge in [0.25, 0.3) is 5.91 Å². The topological polar surface area (TPSA) is 29.1 Å². The Morgan fingerprint density at radius 3 is 2.53 bits per heavy atom. The number of amides is 1. The predicted octanol–water partition coefficient (Wildman–Crippen LogP) is 4.16. The highest BCUT2D eigenvalue weighted by atomic mass is 32.1. The van der Waals surface area contributed by atoms with E-state index in [1.807, 2.05) is 29.6 Å². The number of rotatable bonds is 4. The maximum Gasteiger partial charge on any atom is 0.252 e. The molecule has 2 aromatic rings. The van der Waals surface area contributed by atoms with E-state index in [4.69, 9.17) is 0 Å². The molecule has 0 saturated carbocycles. The molecule has 1 unspecified atom stereocenters. The van der Waals surface area contributed by atoms with Crippen LogP contribution < -0.4 is 5.32 Å². The van der Waals surface area contributed by atoms with E-state index in [1.54, 1.807) is 17.4 Å². The minimum Gasteiger partial charge on any atom is -0.344 e. The van der Waals surface area contributed by atoms with Crippen molar-refractivity contribution in [2.75, 3.05) is 0 Å². The van der Waals surface area contributed by atoms with Gasteiger partial charge in [0.15, 0.2) is 0 Å².